The van der Waals surface area contributed by atoms with Crippen molar-refractivity contribution in [3.63, 3.8) is 0 Å². The van der Waals surface area contributed by atoms with Crippen LogP contribution in [0.3, 0.4) is 0 Å². The molecule has 116 valence electrons. The van der Waals surface area contributed by atoms with Crippen LogP contribution in [0.5, 0.6) is 0 Å². The number of hydrogen-bond donors (Lipinski definition) is 4. The zero-order valence-corrected chi connectivity index (χ0v) is 13.9. The number of halogens is 1. The number of hydrogen-bond acceptors (Lipinski definition) is 4. The number of amides is 3. The van der Waals surface area contributed by atoms with Gasteiger partial charge in [0.15, 0.2) is 0 Å². The Kier molecular flexibility index (Phi) is 5.34. The van der Waals surface area contributed by atoms with Crippen LogP contribution in [-0.4, -0.2) is 28.7 Å². The fourth-order valence-corrected chi connectivity index (χ4v) is 2.50. The molecule has 0 aliphatic carbocycles. The molecule has 2 heterocycles. The molecule has 0 aliphatic heterocycles. The van der Waals surface area contributed by atoms with Gasteiger partial charge in [0, 0.05) is 10.7 Å². The van der Waals surface area contributed by atoms with Crippen molar-refractivity contribution >= 4 is 45.0 Å². The lowest BCUT2D eigenvalue weighted by Gasteiger charge is -2.13. The molecule has 0 radical (unpaired) electrons. The standard InChI is InChI=1S/C13H13BrN4O3S/c1-7(16-13(21)10-3-2-4-22-10)11(19)17-18-12(20)9-5-8(14)6-15-9/h2-7,15H,1H3,(H,16,21)(H,17,19)(H,18,20). The van der Waals surface area contributed by atoms with Crippen LogP contribution in [0.25, 0.3) is 0 Å². The number of aromatic amines is 1. The molecule has 1 atom stereocenters. The number of aromatic nitrogens is 1. The number of H-pyrrole nitrogens is 1. The van der Waals surface area contributed by atoms with Crippen LogP contribution in [0.15, 0.2) is 34.2 Å². The van der Waals surface area contributed by atoms with E-state index in [9.17, 15) is 14.4 Å². The van der Waals surface area contributed by atoms with Crippen LogP contribution >= 0.6 is 27.3 Å². The van der Waals surface area contributed by atoms with Gasteiger partial charge in [-0.15, -0.1) is 11.3 Å². The van der Waals surface area contributed by atoms with E-state index in [0.717, 1.165) is 4.47 Å². The summed E-state index contributed by atoms with van der Waals surface area (Å²) in [5.74, 6) is -1.35. The molecule has 9 heteroatoms. The zero-order valence-electron chi connectivity index (χ0n) is 11.5. The first-order valence-electron chi connectivity index (χ1n) is 6.26. The number of carbonyl (C=O) groups is 3. The first-order valence-corrected chi connectivity index (χ1v) is 7.93. The fraction of sp³-hybridized carbons (Fsp3) is 0.154. The van der Waals surface area contributed by atoms with Crippen molar-refractivity contribution < 1.29 is 14.4 Å². The molecule has 0 bridgehead atoms. The van der Waals surface area contributed by atoms with E-state index in [2.05, 4.69) is 37.1 Å². The Labute approximate surface area is 138 Å². The smallest absolute Gasteiger partial charge is 0.286 e. The normalized spacial score (nSPS) is 11.5. The van der Waals surface area contributed by atoms with E-state index < -0.39 is 17.9 Å². The van der Waals surface area contributed by atoms with Crippen LogP contribution < -0.4 is 16.2 Å². The van der Waals surface area contributed by atoms with Gasteiger partial charge in [-0.25, -0.2) is 0 Å². The second-order valence-corrected chi connectivity index (χ2v) is 6.21. The minimum atomic E-state index is -0.787. The molecule has 22 heavy (non-hydrogen) atoms. The quantitative estimate of drug-likeness (QED) is 0.599. The van der Waals surface area contributed by atoms with E-state index in [4.69, 9.17) is 0 Å². The zero-order chi connectivity index (χ0) is 16.1. The molecule has 0 saturated heterocycles. The Morgan fingerprint density at radius 3 is 2.64 bits per heavy atom. The third-order valence-corrected chi connectivity index (χ3v) is 4.00. The highest BCUT2D eigenvalue weighted by Crippen LogP contribution is 2.10. The largest absolute Gasteiger partial charge is 0.356 e. The van der Waals surface area contributed by atoms with Gasteiger partial charge in [0.25, 0.3) is 17.7 Å². The van der Waals surface area contributed by atoms with Crippen LogP contribution in [0, 0.1) is 0 Å². The van der Waals surface area contributed by atoms with Crippen molar-refractivity contribution in [2.45, 2.75) is 13.0 Å². The van der Waals surface area contributed by atoms with E-state index in [1.807, 2.05) is 0 Å². The Morgan fingerprint density at radius 2 is 2.05 bits per heavy atom. The van der Waals surface area contributed by atoms with Gasteiger partial charge in [0.05, 0.1) is 4.88 Å². The third-order valence-electron chi connectivity index (χ3n) is 2.68. The van der Waals surface area contributed by atoms with E-state index >= 15 is 0 Å². The highest BCUT2D eigenvalue weighted by Gasteiger charge is 2.18. The summed E-state index contributed by atoms with van der Waals surface area (Å²) in [6, 6.07) is 4.20. The maximum atomic E-state index is 11.8. The van der Waals surface area contributed by atoms with Gasteiger partial charge < -0.3 is 10.3 Å². The Hall–Kier alpha value is -2.13. The maximum absolute atomic E-state index is 11.8. The molecular weight excluding hydrogens is 372 g/mol. The minimum Gasteiger partial charge on any atom is -0.356 e. The summed E-state index contributed by atoms with van der Waals surface area (Å²) in [4.78, 5) is 38.6. The first-order chi connectivity index (χ1) is 10.5. The van der Waals surface area contributed by atoms with Gasteiger partial charge in [-0.1, -0.05) is 6.07 Å². The lowest BCUT2D eigenvalue weighted by molar-refractivity contribution is -0.123. The summed E-state index contributed by atoms with van der Waals surface area (Å²) in [7, 11) is 0. The van der Waals surface area contributed by atoms with Crippen LogP contribution in [0.4, 0.5) is 0 Å². The Balaban J connectivity index is 1.81. The summed E-state index contributed by atoms with van der Waals surface area (Å²) in [6.45, 7) is 1.53. The molecule has 0 fully saturated rings. The molecule has 2 aromatic heterocycles. The van der Waals surface area contributed by atoms with Crippen LogP contribution in [-0.2, 0) is 4.79 Å². The minimum absolute atomic E-state index is 0.294. The van der Waals surface area contributed by atoms with Crippen molar-refractivity contribution in [2.24, 2.45) is 0 Å². The molecule has 1 unspecified atom stereocenters. The SMILES string of the molecule is CC(NC(=O)c1cccs1)C(=O)NNC(=O)c1cc(Br)c[nH]1. The molecule has 2 aromatic rings. The van der Waals surface area contributed by atoms with E-state index in [1.165, 1.54) is 18.3 Å². The molecule has 0 aliphatic rings. The summed E-state index contributed by atoms with van der Waals surface area (Å²) in [5, 5.41) is 4.31. The lowest BCUT2D eigenvalue weighted by Crippen LogP contribution is -2.51. The molecule has 4 N–H and O–H groups in total. The van der Waals surface area contributed by atoms with E-state index in [-0.39, 0.29) is 5.91 Å². The van der Waals surface area contributed by atoms with Crippen molar-refractivity contribution in [2.75, 3.05) is 0 Å². The van der Waals surface area contributed by atoms with Crippen molar-refractivity contribution in [1.82, 2.24) is 21.2 Å². The predicted molar refractivity (Wildman–Crippen MR) is 85.3 cm³/mol. The monoisotopic (exact) mass is 384 g/mol. The molecule has 3 amide bonds. The van der Waals surface area contributed by atoms with Gasteiger partial charge in [-0.2, -0.15) is 0 Å². The predicted octanol–water partition coefficient (Wildman–Crippen LogP) is 1.42. The van der Waals surface area contributed by atoms with Crippen molar-refractivity contribution in [3.05, 3.63) is 44.8 Å². The molecule has 0 aromatic carbocycles. The van der Waals surface area contributed by atoms with Crippen LogP contribution in [0.2, 0.25) is 0 Å². The summed E-state index contributed by atoms with van der Waals surface area (Å²) >= 11 is 4.49. The van der Waals surface area contributed by atoms with Gasteiger partial charge in [0.1, 0.15) is 11.7 Å². The molecular formula is C13H13BrN4O3S. The summed E-state index contributed by atoms with van der Waals surface area (Å²) < 4.78 is 0.723. The van der Waals surface area contributed by atoms with Gasteiger partial charge in [0.2, 0.25) is 0 Å². The Morgan fingerprint density at radius 1 is 1.27 bits per heavy atom. The fourth-order valence-electron chi connectivity index (χ4n) is 1.53. The van der Waals surface area contributed by atoms with Gasteiger partial charge >= 0.3 is 0 Å². The second-order valence-electron chi connectivity index (χ2n) is 4.35. The molecule has 0 spiro atoms. The first kappa shape index (κ1) is 16.2. The lowest BCUT2D eigenvalue weighted by atomic mass is 10.3. The van der Waals surface area contributed by atoms with Gasteiger partial charge in [-0.3, -0.25) is 25.2 Å². The number of rotatable bonds is 4. The molecule has 0 saturated carbocycles. The van der Waals surface area contributed by atoms with Crippen LogP contribution in [0.1, 0.15) is 27.1 Å². The van der Waals surface area contributed by atoms with Crippen molar-refractivity contribution in [3.8, 4) is 0 Å². The number of carbonyl (C=O) groups excluding carboxylic acids is 3. The highest BCUT2D eigenvalue weighted by molar-refractivity contribution is 9.10. The summed E-state index contributed by atoms with van der Waals surface area (Å²) in [6.07, 6.45) is 1.60. The topological polar surface area (TPSA) is 103 Å². The number of hydrazine groups is 1. The molecule has 2 rings (SSSR count). The van der Waals surface area contributed by atoms with Crippen molar-refractivity contribution in [1.29, 1.82) is 0 Å². The van der Waals surface area contributed by atoms with E-state index in [1.54, 1.807) is 29.8 Å². The number of nitrogens with one attached hydrogen (secondary N) is 4. The maximum Gasteiger partial charge on any atom is 0.286 e. The average molecular weight is 385 g/mol. The van der Waals surface area contributed by atoms with E-state index in [0.29, 0.717) is 10.6 Å². The molecule has 7 nitrogen and oxygen atoms in total. The highest BCUT2D eigenvalue weighted by atomic mass is 79.9. The second kappa shape index (κ2) is 7.23. The third kappa shape index (κ3) is 4.18. The Bertz CT molecular complexity index is 683. The van der Waals surface area contributed by atoms with Gasteiger partial charge in [-0.05, 0) is 40.4 Å². The summed E-state index contributed by atoms with van der Waals surface area (Å²) in [5.41, 5.74) is 4.81. The number of thiophene rings is 1. The average Bonchev–Trinajstić information content (AvgIpc) is 3.15.